The molecule has 0 unspecified atom stereocenters. The Morgan fingerprint density at radius 2 is 1.27 bits per heavy atom. The number of pyridine rings is 1. The molecule has 0 aliphatic carbocycles. The van der Waals surface area contributed by atoms with Crippen LogP contribution in [0, 0.1) is 11.7 Å². The highest BCUT2D eigenvalue weighted by Gasteiger charge is 2.24. The fourth-order valence-electron chi connectivity index (χ4n) is 8.34. The van der Waals surface area contributed by atoms with E-state index in [2.05, 4.69) is 82.8 Å². The van der Waals surface area contributed by atoms with Crippen LogP contribution in [0.4, 0.5) is 0 Å². The van der Waals surface area contributed by atoms with Gasteiger partial charge in [0.05, 0.1) is 47.1 Å². The first kappa shape index (κ1) is 29.1. The lowest BCUT2D eigenvalue weighted by atomic mass is 9.87. The standard InChI is InChI=1S/C57H50N4O/c1-56(2,3)37-41-22-15-29-51-54(41)60(55-46(39-18-9-7-10-19-39)26-17-27-47(55)40-20-11-8-12-21-40)38-59(51)43-23-16-24-44(35-43)62-45-30-31-49-48-25-13-14-28-50(48)61(52(49)36-45)53-34-42(32-33-58-53)57(4,5)6/h7-36H,37H2,1-6H3/i7D,8D,9D,10D,11D,12D,18D,19D,20D,21D. The molecular formula is C57H50N4O. The van der Waals surface area contributed by atoms with Crippen LogP contribution in [0.1, 0.15) is 66.4 Å². The third-order valence-electron chi connectivity index (χ3n) is 11.1. The van der Waals surface area contributed by atoms with Crippen molar-refractivity contribution in [3.63, 3.8) is 0 Å². The number of rotatable bonds is 8. The average molecular weight is 817 g/mol. The normalized spacial score (nSPS) is 14.4. The van der Waals surface area contributed by atoms with E-state index in [9.17, 15) is 0 Å². The number of aromatic nitrogens is 4. The molecule has 0 radical (unpaired) electrons. The SMILES string of the molecule is [2H]c1c([2H])c([2H])c(-c2cccc(-c3c([2H])c([2H])c([2H])c([2H])c3[2H])c2-[n+]2[c-]n(-c3cccc(Oc4ccc5c6ccccc6n(-c6cc(C(C)(C)C)ccn6)c5c4)c3)c3cccc(CC(C)(C)C)c32)c([2H])c1[2H]. The summed E-state index contributed by atoms with van der Waals surface area (Å²) in [6, 6.07) is 31.6. The lowest BCUT2D eigenvalue weighted by Gasteiger charge is -2.21. The minimum absolute atomic E-state index is 0.0913. The Bertz CT molecular complexity index is 3720. The molecule has 10 rings (SSSR count). The van der Waals surface area contributed by atoms with Crippen molar-refractivity contribution in [1.29, 1.82) is 0 Å². The molecule has 5 nitrogen and oxygen atoms in total. The number of imidazole rings is 1. The summed E-state index contributed by atoms with van der Waals surface area (Å²) in [6.07, 6.45) is 5.98. The first-order valence-corrected chi connectivity index (χ1v) is 20.7. The Kier molecular flexibility index (Phi) is 7.20. The van der Waals surface area contributed by atoms with E-state index in [1.165, 1.54) is 0 Å². The van der Waals surface area contributed by atoms with Crippen LogP contribution in [-0.4, -0.2) is 14.1 Å². The minimum atomic E-state index is -0.562. The second-order valence-electron chi connectivity index (χ2n) is 17.8. The van der Waals surface area contributed by atoms with Crippen LogP contribution in [0.3, 0.4) is 0 Å². The lowest BCUT2D eigenvalue weighted by Crippen LogP contribution is -2.32. The molecule has 3 aromatic heterocycles. The van der Waals surface area contributed by atoms with Crippen molar-refractivity contribution in [1.82, 2.24) is 14.1 Å². The molecule has 304 valence electrons. The zero-order valence-corrected chi connectivity index (χ0v) is 35.5. The largest absolute Gasteiger partial charge is 0.458 e. The molecule has 7 aromatic carbocycles. The molecule has 62 heavy (non-hydrogen) atoms. The Hall–Kier alpha value is -7.24. The summed E-state index contributed by atoms with van der Waals surface area (Å²) >= 11 is 0. The van der Waals surface area contributed by atoms with E-state index in [0.29, 0.717) is 34.6 Å². The van der Waals surface area contributed by atoms with Crippen molar-refractivity contribution in [2.75, 3.05) is 0 Å². The molecule has 0 aliphatic rings. The van der Waals surface area contributed by atoms with Gasteiger partial charge in [-0.2, -0.15) is 0 Å². The van der Waals surface area contributed by atoms with Crippen LogP contribution >= 0.6 is 0 Å². The smallest absolute Gasteiger partial charge is 0.269 e. The molecule has 0 bridgehead atoms. The molecule has 0 spiro atoms. The van der Waals surface area contributed by atoms with Crippen LogP contribution in [0.5, 0.6) is 11.5 Å². The van der Waals surface area contributed by atoms with Crippen molar-refractivity contribution >= 4 is 32.8 Å². The Morgan fingerprint density at radius 3 is 1.98 bits per heavy atom. The van der Waals surface area contributed by atoms with Gasteiger partial charge in [0.2, 0.25) is 0 Å². The first-order valence-electron chi connectivity index (χ1n) is 25.7. The molecular weight excluding hydrogens is 757 g/mol. The predicted octanol–water partition coefficient (Wildman–Crippen LogP) is 14.2. The van der Waals surface area contributed by atoms with Crippen molar-refractivity contribution in [3.8, 4) is 50.9 Å². The fourth-order valence-corrected chi connectivity index (χ4v) is 8.34. The molecule has 3 heterocycles. The van der Waals surface area contributed by atoms with Crippen molar-refractivity contribution in [2.24, 2.45) is 5.41 Å². The number of para-hydroxylation sites is 3. The summed E-state index contributed by atoms with van der Waals surface area (Å²) in [6.45, 7) is 12.9. The van der Waals surface area contributed by atoms with Gasteiger partial charge in [-0.3, -0.25) is 13.7 Å². The van der Waals surface area contributed by atoms with Gasteiger partial charge < -0.3 is 4.74 Å². The first-order chi connectivity index (χ1) is 34.1. The highest BCUT2D eigenvalue weighted by molar-refractivity contribution is 6.09. The van der Waals surface area contributed by atoms with Crippen LogP contribution in [0.2, 0.25) is 0 Å². The molecule has 10 aromatic rings. The maximum atomic E-state index is 9.15. The number of benzene rings is 7. The van der Waals surface area contributed by atoms with Crippen LogP contribution < -0.4 is 9.30 Å². The van der Waals surface area contributed by atoms with Gasteiger partial charge >= 0.3 is 0 Å². The van der Waals surface area contributed by atoms with Crippen LogP contribution in [-0.2, 0) is 11.8 Å². The van der Waals surface area contributed by atoms with Crippen LogP contribution in [0.25, 0.3) is 72.3 Å². The summed E-state index contributed by atoms with van der Waals surface area (Å²) < 4.78 is 101. The lowest BCUT2D eigenvalue weighted by molar-refractivity contribution is -0.571. The monoisotopic (exact) mass is 816 g/mol. The van der Waals surface area contributed by atoms with E-state index in [-0.39, 0.29) is 38.8 Å². The van der Waals surface area contributed by atoms with Crippen molar-refractivity contribution < 1.29 is 23.0 Å². The van der Waals surface area contributed by atoms with E-state index < -0.39 is 60.4 Å². The zero-order chi connectivity index (χ0) is 51.3. The van der Waals surface area contributed by atoms with E-state index in [0.717, 1.165) is 38.8 Å². The average Bonchev–Trinajstić information content (AvgIpc) is 3.90. The van der Waals surface area contributed by atoms with E-state index in [1.54, 1.807) is 22.8 Å². The predicted molar refractivity (Wildman–Crippen MR) is 255 cm³/mol. The topological polar surface area (TPSA) is 35.9 Å². The molecule has 0 amide bonds. The number of nitrogens with zero attached hydrogens (tertiary/aromatic N) is 4. The highest BCUT2D eigenvalue weighted by Crippen LogP contribution is 2.38. The molecule has 0 fully saturated rings. The summed E-state index contributed by atoms with van der Waals surface area (Å²) in [5.74, 6) is 1.91. The number of hydrogen-bond donors (Lipinski definition) is 0. The van der Waals surface area contributed by atoms with Gasteiger partial charge in [0.15, 0.2) is 0 Å². The molecule has 0 saturated carbocycles. The van der Waals surface area contributed by atoms with Gasteiger partial charge in [-0.05, 0) is 99.2 Å². The fraction of sp³-hybridized carbons (Fsp3) is 0.158. The third-order valence-corrected chi connectivity index (χ3v) is 11.1. The quantitative estimate of drug-likeness (QED) is 0.113. The maximum Gasteiger partial charge on any atom is 0.269 e. The molecule has 5 heteroatoms. The van der Waals surface area contributed by atoms with E-state index in [1.807, 2.05) is 77.5 Å². The zero-order valence-electron chi connectivity index (χ0n) is 45.5. The van der Waals surface area contributed by atoms with E-state index in [4.69, 9.17) is 23.4 Å². The molecule has 0 aliphatic heterocycles. The Labute approximate surface area is 378 Å². The third kappa shape index (κ3) is 7.24. The van der Waals surface area contributed by atoms with Crippen LogP contribution in [0.15, 0.2) is 182 Å². The molecule has 0 saturated heterocycles. The number of hydrogen-bond acceptors (Lipinski definition) is 2. The second-order valence-corrected chi connectivity index (χ2v) is 17.8. The number of ether oxygens (including phenoxy) is 1. The van der Waals surface area contributed by atoms with Gasteiger partial charge in [0, 0.05) is 23.0 Å². The highest BCUT2D eigenvalue weighted by atomic mass is 16.5. The molecule has 0 atom stereocenters. The summed E-state index contributed by atoms with van der Waals surface area (Å²) in [4.78, 5) is 4.84. The van der Waals surface area contributed by atoms with Gasteiger partial charge in [-0.25, -0.2) is 4.98 Å². The van der Waals surface area contributed by atoms with Gasteiger partial charge in [0.25, 0.3) is 6.33 Å². The van der Waals surface area contributed by atoms with Crippen molar-refractivity contribution in [2.45, 2.75) is 53.4 Å². The maximum absolute atomic E-state index is 9.15. The molecule has 0 N–H and O–H groups in total. The van der Waals surface area contributed by atoms with E-state index >= 15 is 0 Å². The summed E-state index contributed by atoms with van der Waals surface area (Å²) in [5, 5.41) is 2.13. The Morgan fingerprint density at radius 1 is 0.629 bits per heavy atom. The van der Waals surface area contributed by atoms with Crippen molar-refractivity contribution in [3.05, 3.63) is 199 Å². The second kappa shape index (κ2) is 15.3. The number of fused-ring (bicyclic) bond motifs is 4. The van der Waals surface area contributed by atoms with Gasteiger partial charge in [-0.1, -0.05) is 163 Å². The van der Waals surface area contributed by atoms with Gasteiger partial charge in [-0.15, -0.1) is 0 Å². The summed E-state index contributed by atoms with van der Waals surface area (Å²) in [7, 11) is 0. The Balaban J connectivity index is 1.20. The summed E-state index contributed by atoms with van der Waals surface area (Å²) in [5.41, 5.74) is 5.95. The minimum Gasteiger partial charge on any atom is -0.458 e. The van der Waals surface area contributed by atoms with Gasteiger partial charge in [0.1, 0.15) is 17.3 Å².